The van der Waals surface area contributed by atoms with Gasteiger partial charge in [0.1, 0.15) is 0 Å². The Morgan fingerprint density at radius 3 is 1.47 bits per heavy atom. The molecule has 3 unspecified atom stereocenters. The molecule has 0 aliphatic heterocycles. The number of fused-ring (bicyclic) bond motifs is 12. The summed E-state index contributed by atoms with van der Waals surface area (Å²) in [5.41, 5.74) is 17.7. The number of aromatic nitrogens is 2. The number of nitrogens with zero attached hydrogens (tertiary/aromatic N) is 2. The van der Waals surface area contributed by atoms with Gasteiger partial charge in [-0.25, -0.2) is 0 Å². The third-order valence-corrected chi connectivity index (χ3v) is 15.6. The lowest BCUT2D eigenvalue weighted by Gasteiger charge is -2.26. The van der Waals surface area contributed by atoms with Crippen LogP contribution in [0.4, 0.5) is 0 Å². The van der Waals surface area contributed by atoms with Crippen LogP contribution in [0.3, 0.4) is 0 Å². The predicted octanol–water partition coefficient (Wildman–Crippen LogP) is 11.6. The SMILES string of the molecule is CC1(C)c2ccccc2-c2cc3c4c(n(-c5ccccc5)c3cc21)=CCC(C1=CCC(C2C=c3c(n(-c5ccccc5)c5cc6c(cc35)-c3ccccc3C6(C)C)=CC2)C=C1)C=4. The summed E-state index contributed by atoms with van der Waals surface area (Å²) in [6.45, 7) is 9.55. The van der Waals surface area contributed by atoms with Gasteiger partial charge in [-0.05, 0) is 130 Å². The van der Waals surface area contributed by atoms with Crippen LogP contribution in [0.2, 0.25) is 0 Å². The van der Waals surface area contributed by atoms with Gasteiger partial charge in [-0.3, -0.25) is 0 Å². The summed E-state index contributed by atoms with van der Waals surface area (Å²) in [7, 11) is 0. The second kappa shape index (κ2) is 12.9. The highest BCUT2D eigenvalue weighted by Crippen LogP contribution is 2.51. The Balaban J connectivity index is 0.883. The zero-order valence-corrected chi connectivity index (χ0v) is 36.0. The normalized spacial score (nSPS) is 20.7. The zero-order chi connectivity index (χ0) is 41.5. The largest absolute Gasteiger partial charge is 0.310 e. The van der Waals surface area contributed by atoms with Crippen molar-refractivity contribution in [3.8, 4) is 33.6 Å². The van der Waals surface area contributed by atoms with E-state index in [-0.39, 0.29) is 10.8 Å². The fraction of sp³-hybridized carbons (Fsp3) is 0.200. The minimum Gasteiger partial charge on any atom is -0.310 e. The summed E-state index contributed by atoms with van der Waals surface area (Å²) in [5.74, 6) is 1.24. The fourth-order valence-corrected chi connectivity index (χ4v) is 12.3. The van der Waals surface area contributed by atoms with Crippen molar-refractivity contribution in [2.75, 3.05) is 0 Å². The standard InChI is InChI=1S/C60H50N2/c1-59(2)51-21-13-11-19-43(51)45-33-49-47-31-39(27-29-55(47)61(57(49)35-53(45)59)41-15-7-5-8-16-41)37-23-25-38(26-24-37)40-28-30-56-48(32-40)50-34-46-44-20-12-14-22-52(44)60(3,4)54(46)36-58(50)62(56)42-17-9-6-10-18-42/h5-25,29-36,38-40H,26-28H2,1-4H3. The molecule has 2 heterocycles. The maximum Gasteiger partial charge on any atom is 0.0544 e. The molecule has 0 radical (unpaired) electrons. The number of hydrogen-bond donors (Lipinski definition) is 0. The number of rotatable bonds is 4. The van der Waals surface area contributed by atoms with E-state index in [0.29, 0.717) is 17.8 Å². The molecule has 62 heavy (non-hydrogen) atoms. The van der Waals surface area contributed by atoms with Gasteiger partial charge in [-0.15, -0.1) is 0 Å². The van der Waals surface area contributed by atoms with Crippen molar-refractivity contribution in [3.63, 3.8) is 0 Å². The molecule has 2 aromatic heterocycles. The molecule has 8 aromatic rings. The molecule has 0 fully saturated rings. The van der Waals surface area contributed by atoms with Gasteiger partial charge in [0.2, 0.25) is 0 Å². The van der Waals surface area contributed by atoms with E-state index in [1.807, 2.05) is 0 Å². The van der Waals surface area contributed by atoms with Crippen LogP contribution in [-0.4, -0.2) is 9.13 Å². The zero-order valence-electron chi connectivity index (χ0n) is 36.0. The van der Waals surface area contributed by atoms with E-state index < -0.39 is 0 Å². The maximum atomic E-state index is 2.63. The van der Waals surface area contributed by atoms with Crippen LogP contribution in [0.25, 0.3) is 79.7 Å². The number of benzene rings is 6. The molecule has 13 rings (SSSR count). The first-order valence-electron chi connectivity index (χ1n) is 22.8. The van der Waals surface area contributed by atoms with E-state index in [1.54, 1.807) is 0 Å². The van der Waals surface area contributed by atoms with Crippen molar-refractivity contribution in [2.45, 2.75) is 57.8 Å². The topological polar surface area (TPSA) is 9.86 Å². The van der Waals surface area contributed by atoms with Crippen LogP contribution < -0.4 is 21.1 Å². The molecule has 0 bridgehead atoms. The van der Waals surface area contributed by atoms with Crippen molar-refractivity contribution in [1.82, 2.24) is 9.13 Å². The molecule has 0 spiro atoms. The highest BCUT2D eigenvalue weighted by Gasteiger charge is 2.38. The maximum absolute atomic E-state index is 2.63. The summed E-state index contributed by atoms with van der Waals surface area (Å²) in [4.78, 5) is 0. The van der Waals surface area contributed by atoms with Crippen molar-refractivity contribution in [2.24, 2.45) is 17.8 Å². The second-order valence-electron chi connectivity index (χ2n) is 19.6. The molecule has 2 heteroatoms. The molecule has 3 atom stereocenters. The molecule has 2 nitrogen and oxygen atoms in total. The predicted molar refractivity (Wildman–Crippen MR) is 260 cm³/mol. The van der Waals surface area contributed by atoms with E-state index in [4.69, 9.17) is 0 Å². The number of allylic oxidation sites excluding steroid dienone is 4. The smallest absolute Gasteiger partial charge is 0.0544 e. The molecular weight excluding hydrogens is 749 g/mol. The van der Waals surface area contributed by atoms with Gasteiger partial charge in [0, 0.05) is 60.0 Å². The Morgan fingerprint density at radius 1 is 0.452 bits per heavy atom. The summed E-state index contributed by atoms with van der Waals surface area (Å²) < 4.78 is 5.04. The molecule has 0 amide bonds. The molecule has 0 saturated heterocycles. The molecule has 5 aliphatic carbocycles. The van der Waals surface area contributed by atoms with E-state index in [9.17, 15) is 0 Å². The first-order chi connectivity index (χ1) is 30.3. The second-order valence-corrected chi connectivity index (χ2v) is 19.6. The van der Waals surface area contributed by atoms with Gasteiger partial charge in [-0.2, -0.15) is 0 Å². The Labute approximate surface area is 363 Å². The average Bonchev–Trinajstić information content (AvgIpc) is 3.96. The van der Waals surface area contributed by atoms with Crippen LogP contribution >= 0.6 is 0 Å². The summed E-state index contributed by atoms with van der Waals surface area (Å²) >= 11 is 0. The lowest BCUT2D eigenvalue weighted by molar-refractivity contribution is 0.504. The van der Waals surface area contributed by atoms with E-state index in [0.717, 1.165) is 19.3 Å². The number of para-hydroxylation sites is 2. The van der Waals surface area contributed by atoms with Gasteiger partial charge in [0.25, 0.3) is 0 Å². The highest BCUT2D eigenvalue weighted by molar-refractivity contribution is 5.96. The molecule has 0 N–H and O–H groups in total. The molecule has 5 aliphatic rings. The minimum atomic E-state index is -0.0475. The van der Waals surface area contributed by atoms with Crippen molar-refractivity contribution < 1.29 is 0 Å². The van der Waals surface area contributed by atoms with Crippen LogP contribution in [0.5, 0.6) is 0 Å². The number of hydrogen-bond acceptors (Lipinski definition) is 0. The van der Waals surface area contributed by atoms with E-state index in [2.05, 4.69) is 213 Å². The minimum absolute atomic E-state index is 0.0448. The van der Waals surface area contributed by atoms with Gasteiger partial charge >= 0.3 is 0 Å². The van der Waals surface area contributed by atoms with Crippen LogP contribution in [-0.2, 0) is 10.8 Å². The molecule has 6 aromatic carbocycles. The van der Waals surface area contributed by atoms with Gasteiger partial charge < -0.3 is 9.13 Å². The Morgan fingerprint density at radius 2 is 0.935 bits per heavy atom. The summed E-state index contributed by atoms with van der Waals surface area (Å²) in [6.07, 6.45) is 21.0. The summed E-state index contributed by atoms with van der Waals surface area (Å²) in [5, 5.41) is 8.14. The molecule has 0 saturated carbocycles. The quantitative estimate of drug-likeness (QED) is 0.168. The van der Waals surface area contributed by atoms with Crippen LogP contribution in [0.15, 0.2) is 157 Å². The van der Waals surface area contributed by atoms with Crippen LogP contribution in [0.1, 0.15) is 69.2 Å². The molecule has 300 valence electrons. The molecular formula is C60H50N2. The average molecular weight is 799 g/mol. The van der Waals surface area contributed by atoms with Crippen LogP contribution in [0, 0.1) is 17.8 Å². The third-order valence-electron chi connectivity index (χ3n) is 15.6. The Bertz CT molecular complexity index is 3550. The van der Waals surface area contributed by atoms with Crippen molar-refractivity contribution in [3.05, 3.63) is 201 Å². The van der Waals surface area contributed by atoms with Gasteiger partial charge in [-0.1, -0.05) is 155 Å². The Hall–Kier alpha value is -6.64. The van der Waals surface area contributed by atoms with Gasteiger partial charge in [0.05, 0.1) is 11.0 Å². The van der Waals surface area contributed by atoms with E-state index in [1.165, 1.54) is 104 Å². The highest BCUT2D eigenvalue weighted by atomic mass is 15.0. The Kier molecular flexibility index (Phi) is 7.53. The third kappa shape index (κ3) is 4.98. The van der Waals surface area contributed by atoms with E-state index >= 15 is 0 Å². The first-order valence-corrected chi connectivity index (χ1v) is 22.8. The lowest BCUT2D eigenvalue weighted by atomic mass is 9.78. The first kappa shape index (κ1) is 36.1. The lowest BCUT2D eigenvalue weighted by Crippen LogP contribution is -2.34. The van der Waals surface area contributed by atoms with Crippen molar-refractivity contribution in [1.29, 1.82) is 0 Å². The van der Waals surface area contributed by atoms with Gasteiger partial charge in [0.15, 0.2) is 0 Å². The van der Waals surface area contributed by atoms with Crippen molar-refractivity contribution >= 4 is 46.1 Å². The fourth-order valence-electron chi connectivity index (χ4n) is 12.3. The summed E-state index contributed by atoms with van der Waals surface area (Å²) in [6, 6.07) is 50.1. The monoisotopic (exact) mass is 798 g/mol.